The van der Waals surface area contributed by atoms with Gasteiger partial charge in [-0.25, -0.2) is 4.79 Å². The van der Waals surface area contributed by atoms with Crippen LogP contribution < -0.4 is 0 Å². The van der Waals surface area contributed by atoms with E-state index >= 15 is 0 Å². The Morgan fingerprint density at radius 1 is 1.03 bits per heavy atom. The summed E-state index contributed by atoms with van der Waals surface area (Å²) in [6.07, 6.45) is -3.25. The number of piperidine rings is 1. The Balaban J connectivity index is 1.41. The molecule has 1 fully saturated rings. The van der Waals surface area contributed by atoms with Gasteiger partial charge in [0.2, 0.25) is 0 Å². The van der Waals surface area contributed by atoms with Gasteiger partial charge < -0.3 is 14.5 Å². The highest BCUT2D eigenvalue weighted by atomic mass is 19.4. The number of hydrogen-bond acceptors (Lipinski definition) is 4. The van der Waals surface area contributed by atoms with Crippen molar-refractivity contribution >= 4 is 17.7 Å². The van der Waals surface area contributed by atoms with Crippen molar-refractivity contribution in [2.45, 2.75) is 57.7 Å². The molecule has 0 aromatic heterocycles. The molecule has 6 nitrogen and oxygen atoms in total. The lowest BCUT2D eigenvalue weighted by Crippen LogP contribution is -2.45. The van der Waals surface area contributed by atoms with Gasteiger partial charge in [0.15, 0.2) is 0 Å². The number of nitrogens with zero attached hydrogens (tertiary/aromatic N) is 3. The molecule has 1 aromatic rings. The maximum absolute atomic E-state index is 13.4. The summed E-state index contributed by atoms with van der Waals surface area (Å²) in [7, 11) is 0. The molecule has 0 atom stereocenters. The lowest BCUT2D eigenvalue weighted by Gasteiger charge is -2.34. The maximum Gasteiger partial charge on any atom is 0.416 e. The molecule has 3 heterocycles. The first-order valence-electron chi connectivity index (χ1n) is 11.6. The van der Waals surface area contributed by atoms with Gasteiger partial charge in [-0.05, 0) is 63.2 Å². The van der Waals surface area contributed by atoms with Crippen molar-refractivity contribution in [2.75, 3.05) is 32.7 Å². The molecule has 0 radical (unpaired) electrons. The molecule has 1 saturated heterocycles. The van der Waals surface area contributed by atoms with E-state index in [1.54, 1.807) is 15.9 Å². The minimum Gasteiger partial charge on any atom is -0.444 e. The van der Waals surface area contributed by atoms with Gasteiger partial charge in [-0.15, -0.1) is 0 Å². The molecule has 3 aliphatic heterocycles. The van der Waals surface area contributed by atoms with Crippen LogP contribution in [0.15, 0.2) is 40.4 Å². The fourth-order valence-electron chi connectivity index (χ4n) is 4.82. The van der Waals surface area contributed by atoms with Crippen LogP contribution in [0, 0.1) is 0 Å². The number of likely N-dealkylation sites (tertiary alicyclic amines) is 1. The number of aliphatic imine (C=N–C) groups is 1. The van der Waals surface area contributed by atoms with Gasteiger partial charge in [-0.2, -0.15) is 13.2 Å². The SMILES string of the molecule is CC(C)(C)OC(=O)N1CCC2=C(C1)C(C(=O)N1CCC(c3ccccc3C(F)(F)F)CC1)=NC2. The lowest BCUT2D eigenvalue weighted by atomic mass is 9.86. The number of rotatable bonds is 2. The van der Waals surface area contributed by atoms with Crippen LogP contribution in [0.4, 0.5) is 18.0 Å². The number of alkyl halides is 3. The van der Waals surface area contributed by atoms with E-state index in [-0.39, 0.29) is 18.4 Å². The minimum absolute atomic E-state index is 0.210. The quantitative estimate of drug-likeness (QED) is 0.615. The third-order valence-electron chi connectivity index (χ3n) is 6.52. The van der Waals surface area contributed by atoms with Crippen LogP contribution in [0.3, 0.4) is 0 Å². The molecule has 0 aliphatic carbocycles. The summed E-state index contributed by atoms with van der Waals surface area (Å²) in [5.41, 5.74) is 1.31. The molecule has 34 heavy (non-hydrogen) atoms. The fourth-order valence-corrected chi connectivity index (χ4v) is 4.82. The van der Waals surface area contributed by atoms with Gasteiger partial charge in [0, 0.05) is 25.2 Å². The summed E-state index contributed by atoms with van der Waals surface area (Å²) >= 11 is 0. The van der Waals surface area contributed by atoms with Gasteiger partial charge in [0.1, 0.15) is 11.3 Å². The molecule has 0 bridgehead atoms. The number of ether oxygens (including phenoxy) is 1. The van der Waals surface area contributed by atoms with Crippen LogP contribution in [-0.4, -0.2) is 65.8 Å². The van der Waals surface area contributed by atoms with Gasteiger partial charge in [-0.1, -0.05) is 18.2 Å². The van der Waals surface area contributed by atoms with E-state index < -0.39 is 23.4 Å². The molecule has 3 aliphatic rings. The Bertz CT molecular complexity index is 1030. The first kappa shape index (κ1) is 24.3. The lowest BCUT2D eigenvalue weighted by molar-refractivity contribution is -0.138. The summed E-state index contributed by atoms with van der Waals surface area (Å²) in [6.45, 7) is 7.42. The van der Waals surface area contributed by atoms with Gasteiger partial charge in [-0.3, -0.25) is 9.79 Å². The second-order valence-corrected chi connectivity index (χ2v) is 10.1. The Morgan fingerprint density at radius 3 is 2.35 bits per heavy atom. The van der Waals surface area contributed by atoms with Crippen LogP contribution in [0.1, 0.15) is 57.1 Å². The van der Waals surface area contributed by atoms with E-state index in [1.165, 1.54) is 12.1 Å². The molecule has 0 saturated carbocycles. The highest BCUT2D eigenvalue weighted by molar-refractivity contribution is 6.46. The zero-order valence-electron chi connectivity index (χ0n) is 19.7. The summed E-state index contributed by atoms with van der Waals surface area (Å²) < 4.78 is 45.8. The first-order chi connectivity index (χ1) is 15.9. The molecular weight excluding hydrogens is 447 g/mol. The molecule has 184 valence electrons. The van der Waals surface area contributed by atoms with Crippen molar-refractivity contribution in [1.29, 1.82) is 0 Å². The highest BCUT2D eigenvalue weighted by Gasteiger charge is 2.38. The van der Waals surface area contributed by atoms with E-state index in [0.717, 1.165) is 17.2 Å². The second-order valence-electron chi connectivity index (χ2n) is 10.1. The second kappa shape index (κ2) is 9.07. The summed E-state index contributed by atoms with van der Waals surface area (Å²) in [5.74, 6) is -0.460. The van der Waals surface area contributed by atoms with Crippen LogP contribution in [-0.2, 0) is 15.7 Å². The molecule has 2 amide bonds. The zero-order valence-corrected chi connectivity index (χ0v) is 19.7. The Kier molecular flexibility index (Phi) is 6.48. The molecule has 0 spiro atoms. The van der Waals surface area contributed by atoms with E-state index in [9.17, 15) is 22.8 Å². The molecule has 0 unspecified atom stereocenters. The van der Waals surface area contributed by atoms with Gasteiger partial charge >= 0.3 is 12.3 Å². The summed E-state index contributed by atoms with van der Waals surface area (Å²) in [6, 6.07) is 5.69. The number of benzene rings is 1. The summed E-state index contributed by atoms with van der Waals surface area (Å²) in [4.78, 5) is 33.5. The van der Waals surface area contributed by atoms with Gasteiger partial charge in [0.05, 0.1) is 18.7 Å². The van der Waals surface area contributed by atoms with E-state index in [2.05, 4.69) is 4.99 Å². The molecule has 4 rings (SSSR count). The number of carbonyl (C=O) groups is 2. The van der Waals surface area contributed by atoms with Crippen molar-refractivity contribution < 1.29 is 27.5 Å². The Labute approximate surface area is 197 Å². The standard InChI is InChI=1S/C25H30F3N3O3/c1-24(2,3)34-23(33)31-13-10-17-14-29-21(19(17)15-31)22(32)30-11-8-16(9-12-30)18-6-4-5-7-20(18)25(26,27)28/h4-7,16H,8-15H2,1-3H3. The largest absolute Gasteiger partial charge is 0.444 e. The maximum atomic E-state index is 13.4. The third-order valence-corrected chi connectivity index (χ3v) is 6.52. The molecule has 1 aromatic carbocycles. The third kappa shape index (κ3) is 5.13. The summed E-state index contributed by atoms with van der Waals surface area (Å²) in [5, 5.41) is 0. The van der Waals surface area contributed by atoms with Crippen molar-refractivity contribution in [1.82, 2.24) is 9.80 Å². The Morgan fingerprint density at radius 2 is 1.71 bits per heavy atom. The number of hydrogen-bond donors (Lipinski definition) is 0. The van der Waals surface area contributed by atoms with Crippen LogP contribution in [0.5, 0.6) is 0 Å². The normalized spacial score (nSPS) is 19.8. The molecule has 9 heteroatoms. The van der Waals surface area contributed by atoms with E-state index in [4.69, 9.17) is 4.74 Å². The highest BCUT2D eigenvalue weighted by Crippen LogP contribution is 2.39. The number of halogens is 3. The average molecular weight is 478 g/mol. The van der Waals surface area contributed by atoms with Crippen LogP contribution in [0.2, 0.25) is 0 Å². The monoisotopic (exact) mass is 477 g/mol. The van der Waals surface area contributed by atoms with E-state index in [0.29, 0.717) is 56.7 Å². The molecular formula is C25H30F3N3O3. The van der Waals surface area contributed by atoms with Gasteiger partial charge in [0.25, 0.3) is 5.91 Å². The predicted octanol–water partition coefficient (Wildman–Crippen LogP) is 4.80. The zero-order chi connectivity index (χ0) is 24.7. The first-order valence-corrected chi connectivity index (χ1v) is 11.6. The topological polar surface area (TPSA) is 62.2 Å². The smallest absolute Gasteiger partial charge is 0.416 e. The minimum atomic E-state index is -4.40. The fraction of sp³-hybridized carbons (Fsp3) is 0.560. The van der Waals surface area contributed by atoms with Crippen molar-refractivity contribution in [2.24, 2.45) is 4.99 Å². The van der Waals surface area contributed by atoms with Crippen molar-refractivity contribution in [3.05, 3.63) is 46.5 Å². The predicted molar refractivity (Wildman–Crippen MR) is 122 cm³/mol. The average Bonchev–Trinajstić information content (AvgIpc) is 3.20. The van der Waals surface area contributed by atoms with Crippen molar-refractivity contribution in [3.63, 3.8) is 0 Å². The van der Waals surface area contributed by atoms with Crippen molar-refractivity contribution in [3.8, 4) is 0 Å². The van der Waals surface area contributed by atoms with Crippen LogP contribution in [0.25, 0.3) is 0 Å². The number of carbonyl (C=O) groups excluding carboxylic acids is 2. The number of amides is 2. The van der Waals surface area contributed by atoms with E-state index in [1.807, 2.05) is 20.8 Å². The Hall–Kier alpha value is -2.84. The van der Waals surface area contributed by atoms with Crippen LogP contribution >= 0.6 is 0 Å². The molecule has 0 N–H and O–H groups in total.